The average molecular weight is 234 g/mol. The van der Waals surface area contributed by atoms with Gasteiger partial charge in [-0.2, -0.15) is 0 Å². The highest BCUT2D eigenvalue weighted by atomic mass is 16.5. The molecule has 1 saturated heterocycles. The summed E-state index contributed by atoms with van der Waals surface area (Å²) in [5, 5.41) is 0. The molecule has 0 radical (unpaired) electrons. The van der Waals surface area contributed by atoms with E-state index in [1.165, 1.54) is 0 Å². The predicted molar refractivity (Wildman–Crippen MR) is 61.0 cm³/mol. The lowest BCUT2D eigenvalue weighted by molar-refractivity contribution is -0.130. The van der Waals surface area contributed by atoms with Crippen LogP contribution in [0.3, 0.4) is 0 Å². The number of hydrogen-bond donors (Lipinski definition) is 2. The van der Waals surface area contributed by atoms with Gasteiger partial charge in [-0.05, 0) is 25.0 Å². The number of carbonyl (C=O) groups excluding carboxylic acids is 2. The number of ether oxygens (including phenoxy) is 1. The zero-order chi connectivity index (χ0) is 12.1. The van der Waals surface area contributed by atoms with Crippen LogP contribution in [0.5, 0.6) is 0 Å². The monoisotopic (exact) mass is 234 g/mol. The SMILES string of the molecule is O=C(NNC(=O)[C@H]1CCCO1)c1ccccc1. The van der Waals surface area contributed by atoms with Gasteiger partial charge in [0, 0.05) is 12.2 Å². The van der Waals surface area contributed by atoms with Crippen molar-refractivity contribution in [2.24, 2.45) is 0 Å². The van der Waals surface area contributed by atoms with Crippen molar-refractivity contribution in [2.45, 2.75) is 18.9 Å². The molecular formula is C12H14N2O3. The van der Waals surface area contributed by atoms with E-state index in [1.807, 2.05) is 6.07 Å². The maximum Gasteiger partial charge on any atom is 0.269 e. The van der Waals surface area contributed by atoms with E-state index in [4.69, 9.17) is 4.74 Å². The Balaban J connectivity index is 1.82. The van der Waals surface area contributed by atoms with Crippen LogP contribution in [0.2, 0.25) is 0 Å². The highest BCUT2D eigenvalue weighted by molar-refractivity contribution is 5.95. The van der Waals surface area contributed by atoms with Gasteiger partial charge in [0.1, 0.15) is 6.10 Å². The summed E-state index contributed by atoms with van der Waals surface area (Å²) in [7, 11) is 0. The van der Waals surface area contributed by atoms with E-state index in [1.54, 1.807) is 24.3 Å². The molecule has 5 nitrogen and oxygen atoms in total. The molecule has 2 rings (SSSR count). The summed E-state index contributed by atoms with van der Waals surface area (Å²) < 4.78 is 5.19. The molecule has 2 amide bonds. The van der Waals surface area contributed by atoms with Gasteiger partial charge in [-0.15, -0.1) is 0 Å². The van der Waals surface area contributed by atoms with E-state index in [-0.39, 0.29) is 11.8 Å². The van der Waals surface area contributed by atoms with Crippen molar-refractivity contribution >= 4 is 11.8 Å². The van der Waals surface area contributed by atoms with Crippen LogP contribution in [0.1, 0.15) is 23.2 Å². The van der Waals surface area contributed by atoms with Gasteiger partial charge in [0.15, 0.2) is 0 Å². The second-order valence-corrected chi connectivity index (χ2v) is 3.81. The number of hydrazine groups is 1. The largest absolute Gasteiger partial charge is 0.368 e. The van der Waals surface area contributed by atoms with Gasteiger partial charge >= 0.3 is 0 Å². The second-order valence-electron chi connectivity index (χ2n) is 3.81. The molecule has 1 aliphatic heterocycles. The minimum Gasteiger partial charge on any atom is -0.368 e. The Bertz CT molecular complexity index is 399. The Hall–Kier alpha value is -1.88. The molecule has 1 aromatic carbocycles. The summed E-state index contributed by atoms with van der Waals surface area (Å²) in [5.41, 5.74) is 5.22. The number of benzene rings is 1. The van der Waals surface area contributed by atoms with Crippen molar-refractivity contribution in [3.63, 3.8) is 0 Å². The molecule has 0 unspecified atom stereocenters. The third kappa shape index (κ3) is 3.04. The van der Waals surface area contributed by atoms with Crippen molar-refractivity contribution in [3.8, 4) is 0 Å². The first kappa shape index (κ1) is 11.6. The minimum absolute atomic E-state index is 0.299. The van der Waals surface area contributed by atoms with Gasteiger partial charge < -0.3 is 4.74 Å². The van der Waals surface area contributed by atoms with Gasteiger partial charge in [-0.3, -0.25) is 20.4 Å². The molecule has 90 valence electrons. The maximum absolute atomic E-state index is 11.6. The fourth-order valence-corrected chi connectivity index (χ4v) is 1.64. The van der Waals surface area contributed by atoms with Crippen LogP contribution in [0, 0.1) is 0 Å². The zero-order valence-electron chi connectivity index (χ0n) is 9.31. The van der Waals surface area contributed by atoms with E-state index >= 15 is 0 Å². The summed E-state index contributed by atoms with van der Waals surface area (Å²) in [5.74, 6) is -0.635. The Morgan fingerprint density at radius 2 is 1.94 bits per heavy atom. The summed E-state index contributed by atoms with van der Waals surface area (Å²) in [4.78, 5) is 23.1. The van der Waals surface area contributed by atoms with Crippen LogP contribution in [-0.4, -0.2) is 24.5 Å². The summed E-state index contributed by atoms with van der Waals surface area (Å²) in [6.45, 7) is 0.602. The number of hydrogen-bond acceptors (Lipinski definition) is 3. The van der Waals surface area contributed by atoms with Crippen molar-refractivity contribution < 1.29 is 14.3 Å². The van der Waals surface area contributed by atoms with Crippen LogP contribution in [0.25, 0.3) is 0 Å². The first-order chi connectivity index (χ1) is 8.27. The van der Waals surface area contributed by atoms with Crippen LogP contribution in [-0.2, 0) is 9.53 Å². The van der Waals surface area contributed by atoms with Crippen LogP contribution < -0.4 is 10.9 Å². The molecule has 2 N–H and O–H groups in total. The molecule has 0 aromatic heterocycles. The van der Waals surface area contributed by atoms with Crippen LogP contribution in [0.15, 0.2) is 30.3 Å². The molecule has 1 atom stereocenters. The lowest BCUT2D eigenvalue weighted by atomic mass is 10.2. The van der Waals surface area contributed by atoms with E-state index in [9.17, 15) is 9.59 Å². The third-order valence-corrected chi connectivity index (χ3v) is 2.56. The van der Waals surface area contributed by atoms with Gasteiger partial charge in [0.25, 0.3) is 11.8 Å². The number of nitrogens with one attached hydrogen (secondary N) is 2. The summed E-state index contributed by atoms with van der Waals surface area (Å²) in [6.07, 6.45) is 1.14. The number of rotatable bonds is 2. The Labute approximate surface area is 99.1 Å². The lowest BCUT2D eigenvalue weighted by Crippen LogP contribution is -2.46. The molecule has 1 heterocycles. The Morgan fingerprint density at radius 3 is 2.59 bits per heavy atom. The highest BCUT2D eigenvalue weighted by Gasteiger charge is 2.23. The molecule has 0 spiro atoms. The smallest absolute Gasteiger partial charge is 0.269 e. The molecule has 0 aliphatic carbocycles. The quantitative estimate of drug-likeness (QED) is 0.737. The van der Waals surface area contributed by atoms with Crippen molar-refractivity contribution in [1.82, 2.24) is 10.9 Å². The molecular weight excluding hydrogens is 220 g/mol. The highest BCUT2D eigenvalue weighted by Crippen LogP contribution is 2.11. The van der Waals surface area contributed by atoms with Crippen LogP contribution in [0.4, 0.5) is 0 Å². The second kappa shape index (κ2) is 5.45. The first-order valence-electron chi connectivity index (χ1n) is 5.54. The topological polar surface area (TPSA) is 67.4 Å². The van der Waals surface area contributed by atoms with Crippen molar-refractivity contribution in [2.75, 3.05) is 6.61 Å². The Morgan fingerprint density at radius 1 is 1.18 bits per heavy atom. The number of amides is 2. The van der Waals surface area contributed by atoms with E-state index in [2.05, 4.69) is 10.9 Å². The summed E-state index contributed by atoms with van der Waals surface area (Å²) in [6, 6.07) is 8.69. The van der Waals surface area contributed by atoms with E-state index in [0.29, 0.717) is 18.6 Å². The third-order valence-electron chi connectivity index (χ3n) is 2.56. The standard InChI is InChI=1S/C12H14N2O3/c15-11(9-5-2-1-3-6-9)13-14-12(16)10-7-4-8-17-10/h1-3,5-6,10H,4,7-8H2,(H,13,15)(H,14,16)/t10-/m1/s1. The minimum atomic E-state index is -0.439. The predicted octanol–water partition coefficient (Wildman–Crippen LogP) is 0.627. The first-order valence-corrected chi connectivity index (χ1v) is 5.54. The van der Waals surface area contributed by atoms with Gasteiger partial charge in [-0.1, -0.05) is 18.2 Å². The maximum atomic E-state index is 11.6. The molecule has 5 heteroatoms. The molecule has 0 saturated carbocycles. The normalized spacial score (nSPS) is 18.7. The van der Waals surface area contributed by atoms with E-state index in [0.717, 1.165) is 6.42 Å². The fraction of sp³-hybridized carbons (Fsp3) is 0.333. The molecule has 1 aromatic rings. The average Bonchev–Trinajstić information content (AvgIpc) is 2.90. The van der Waals surface area contributed by atoms with Gasteiger partial charge in [0.05, 0.1) is 0 Å². The van der Waals surface area contributed by atoms with Gasteiger partial charge in [-0.25, -0.2) is 0 Å². The fourth-order valence-electron chi connectivity index (χ4n) is 1.64. The van der Waals surface area contributed by atoms with Crippen molar-refractivity contribution in [3.05, 3.63) is 35.9 Å². The molecule has 1 aliphatic rings. The molecule has 1 fully saturated rings. The molecule has 0 bridgehead atoms. The Kier molecular flexibility index (Phi) is 3.72. The molecule has 17 heavy (non-hydrogen) atoms. The number of carbonyl (C=O) groups is 2. The van der Waals surface area contributed by atoms with Crippen molar-refractivity contribution in [1.29, 1.82) is 0 Å². The summed E-state index contributed by atoms with van der Waals surface area (Å²) >= 11 is 0. The lowest BCUT2D eigenvalue weighted by Gasteiger charge is -2.11. The van der Waals surface area contributed by atoms with Gasteiger partial charge in [0.2, 0.25) is 0 Å². The van der Waals surface area contributed by atoms with Crippen LogP contribution >= 0.6 is 0 Å². The van der Waals surface area contributed by atoms with E-state index < -0.39 is 6.10 Å². The zero-order valence-corrected chi connectivity index (χ0v) is 9.31.